The van der Waals surface area contributed by atoms with E-state index in [0.29, 0.717) is 16.7 Å². The standard InChI is InChI=1S/C45H25N5/c46-26-29-16-23-43-39(24-29)45-33(28-48)8-7-15-44(45)49(43)34-21-19-30(20-22-34)31-17-18-32(27-47)38(25-31)37-11-3-6-14-42(37)50-40-12-4-1-9-35(40)36-10-2-5-13-41(36)50/h1-25H. The van der Waals surface area contributed by atoms with E-state index in [1.54, 1.807) is 0 Å². The molecule has 0 fully saturated rings. The second-order valence-corrected chi connectivity index (χ2v) is 12.3. The zero-order valence-electron chi connectivity index (χ0n) is 26.7. The number of para-hydroxylation sites is 3. The zero-order valence-corrected chi connectivity index (χ0v) is 26.7. The minimum absolute atomic E-state index is 0.552. The fraction of sp³-hybridized carbons (Fsp3) is 0. The number of hydrogen-bond acceptors (Lipinski definition) is 3. The molecule has 230 valence electrons. The zero-order chi connectivity index (χ0) is 33.8. The quantitative estimate of drug-likeness (QED) is 0.193. The Labute approximate surface area is 287 Å². The van der Waals surface area contributed by atoms with Crippen molar-refractivity contribution in [2.75, 3.05) is 0 Å². The van der Waals surface area contributed by atoms with Crippen LogP contribution in [0, 0.1) is 34.0 Å². The highest BCUT2D eigenvalue weighted by Crippen LogP contribution is 2.39. The molecular formula is C45H25N5. The topological polar surface area (TPSA) is 81.2 Å². The molecule has 0 spiro atoms. The summed E-state index contributed by atoms with van der Waals surface area (Å²) in [7, 11) is 0. The van der Waals surface area contributed by atoms with Crippen LogP contribution in [0.4, 0.5) is 0 Å². The first kappa shape index (κ1) is 28.8. The Hall–Kier alpha value is -7.39. The lowest BCUT2D eigenvalue weighted by Crippen LogP contribution is -1.98. The van der Waals surface area contributed by atoms with Crippen LogP contribution in [0.3, 0.4) is 0 Å². The maximum absolute atomic E-state index is 10.3. The van der Waals surface area contributed by atoms with E-state index in [9.17, 15) is 15.8 Å². The Kier molecular flexibility index (Phi) is 6.56. The Morgan fingerprint density at radius 3 is 1.76 bits per heavy atom. The summed E-state index contributed by atoms with van der Waals surface area (Å²) in [6.07, 6.45) is 0. The van der Waals surface area contributed by atoms with Crippen LogP contribution in [-0.2, 0) is 0 Å². The number of rotatable bonds is 4. The SMILES string of the molecule is N#Cc1ccc2c(c1)c1c(C#N)cccc1n2-c1ccc(-c2ccc(C#N)c(-c3ccccc3-n3c4ccccc4c4ccccc43)c2)cc1. The minimum Gasteiger partial charge on any atom is -0.309 e. The molecule has 0 radical (unpaired) electrons. The van der Waals surface area contributed by atoms with Crippen molar-refractivity contribution >= 4 is 43.6 Å². The van der Waals surface area contributed by atoms with Crippen LogP contribution in [0.25, 0.3) is 77.2 Å². The Balaban J connectivity index is 1.19. The van der Waals surface area contributed by atoms with Gasteiger partial charge in [0.2, 0.25) is 0 Å². The number of aromatic nitrogens is 2. The Morgan fingerprint density at radius 1 is 0.400 bits per heavy atom. The van der Waals surface area contributed by atoms with E-state index >= 15 is 0 Å². The third kappa shape index (κ3) is 4.31. The first-order chi connectivity index (χ1) is 24.7. The van der Waals surface area contributed by atoms with Crippen LogP contribution < -0.4 is 0 Å². The minimum atomic E-state index is 0.552. The van der Waals surface area contributed by atoms with Crippen molar-refractivity contribution in [3.63, 3.8) is 0 Å². The molecule has 0 saturated carbocycles. The molecule has 9 aromatic rings. The van der Waals surface area contributed by atoms with Crippen LogP contribution in [-0.4, -0.2) is 9.13 Å². The van der Waals surface area contributed by atoms with Crippen molar-refractivity contribution in [2.24, 2.45) is 0 Å². The largest absolute Gasteiger partial charge is 0.309 e. The van der Waals surface area contributed by atoms with Crippen molar-refractivity contribution in [1.29, 1.82) is 15.8 Å². The predicted molar refractivity (Wildman–Crippen MR) is 200 cm³/mol. The lowest BCUT2D eigenvalue weighted by molar-refractivity contribution is 1.18. The third-order valence-corrected chi connectivity index (χ3v) is 9.65. The smallest absolute Gasteiger partial charge is 0.0998 e. The number of hydrogen-bond donors (Lipinski definition) is 0. The van der Waals surface area contributed by atoms with Crippen molar-refractivity contribution in [1.82, 2.24) is 9.13 Å². The Morgan fingerprint density at radius 2 is 1.04 bits per heavy atom. The molecule has 0 aliphatic carbocycles. The molecule has 0 saturated heterocycles. The molecule has 0 amide bonds. The highest BCUT2D eigenvalue weighted by atomic mass is 15.0. The first-order valence-corrected chi connectivity index (χ1v) is 16.3. The summed E-state index contributed by atoms with van der Waals surface area (Å²) in [5.74, 6) is 0. The lowest BCUT2D eigenvalue weighted by Gasteiger charge is -2.16. The average Bonchev–Trinajstić information content (AvgIpc) is 3.70. The second-order valence-electron chi connectivity index (χ2n) is 12.3. The molecule has 0 aliphatic heterocycles. The van der Waals surface area contributed by atoms with Gasteiger partial charge in [-0.1, -0.05) is 78.9 Å². The molecule has 5 heteroatoms. The van der Waals surface area contributed by atoms with Gasteiger partial charge in [0.1, 0.15) is 0 Å². The molecule has 0 unspecified atom stereocenters. The van der Waals surface area contributed by atoms with Gasteiger partial charge in [0.15, 0.2) is 0 Å². The van der Waals surface area contributed by atoms with Gasteiger partial charge in [-0.3, -0.25) is 0 Å². The van der Waals surface area contributed by atoms with Gasteiger partial charge < -0.3 is 9.13 Å². The third-order valence-electron chi connectivity index (χ3n) is 9.65. The predicted octanol–water partition coefficient (Wildman–Crippen LogP) is 10.8. The normalized spacial score (nSPS) is 11.1. The molecule has 5 nitrogen and oxygen atoms in total. The van der Waals surface area contributed by atoms with Crippen molar-refractivity contribution < 1.29 is 0 Å². The van der Waals surface area contributed by atoms with Crippen LogP contribution >= 0.6 is 0 Å². The molecule has 9 rings (SSSR count). The maximum Gasteiger partial charge on any atom is 0.0998 e. The summed E-state index contributed by atoms with van der Waals surface area (Å²) in [6, 6.07) is 57.9. The van der Waals surface area contributed by atoms with Gasteiger partial charge in [-0.05, 0) is 83.9 Å². The van der Waals surface area contributed by atoms with Gasteiger partial charge in [-0.15, -0.1) is 0 Å². The molecular weight excluding hydrogens is 611 g/mol. The van der Waals surface area contributed by atoms with Gasteiger partial charge >= 0.3 is 0 Å². The molecule has 7 aromatic carbocycles. The van der Waals surface area contributed by atoms with Gasteiger partial charge in [0.05, 0.1) is 62.7 Å². The van der Waals surface area contributed by atoms with E-state index in [0.717, 1.165) is 66.5 Å². The summed E-state index contributed by atoms with van der Waals surface area (Å²) in [4.78, 5) is 0. The molecule has 0 atom stereocenters. The van der Waals surface area contributed by atoms with E-state index in [1.165, 1.54) is 10.8 Å². The molecule has 0 N–H and O–H groups in total. The number of benzene rings is 7. The molecule has 0 aliphatic rings. The monoisotopic (exact) mass is 635 g/mol. The Bertz CT molecular complexity index is 2900. The van der Waals surface area contributed by atoms with E-state index in [-0.39, 0.29) is 0 Å². The van der Waals surface area contributed by atoms with Crippen LogP contribution in [0.1, 0.15) is 16.7 Å². The molecule has 2 heterocycles. The van der Waals surface area contributed by atoms with E-state index < -0.39 is 0 Å². The van der Waals surface area contributed by atoms with Crippen LogP contribution in [0.15, 0.2) is 152 Å². The van der Waals surface area contributed by atoms with Gasteiger partial charge in [0, 0.05) is 38.4 Å². The summed E-state index contributed by atoms with van der Waals surface area (Å²) in [5.41, 5.74) is 11.6. The number of nitrogens with zero attached hydrogens (tertiary/aromatic N) is 5. The van der Waals surface area contributed by atoms with Crippen molar-refractivity contribution in [3.05, 3.63) is 168 Å². The first-order valence-electron chi connectivity index (χ1n) is 16.3. The molecule has 50 heavy (non-hydrogen) atoms. The lowest BCUT2D eigenvalue weighted by atomic mass is 9.94. The fourth-order valence-electron chi connectivity index (χ4n) is 7.44. The fourth-order valence-corrected chi connectivity index (χ4v) is 7.44. The van der Waals surface area contributed by atoms with Crippen LogP contribution in [0.2, 0.25) is 0 Å². The van der Waals surface area contributed by atoms with Gasteiger partial charge in [-0.2, -0.15) is 15.8 Å². The second kappa shape index (κ2) is 11.4. The van der Waals surface area contributed by atoms with E-state index in [2.05, 4.69) is 118 Å². The average molecular weight is 636 g/mol. The highest BCUT2D eigenvalue weighted by Gasteiger charge is 2.19. The van der Waals surface area contributed by atoms with Gasteiger partial charge in [0.25, 0.3) is 0 Å². The highest BCUT2D eigenvalue weighted by molar-refractivity contribution is 6.12. The number of fused-ring (bicyclic) bond motifs is 6. The summed E-state index contributed by atoms with van der Waals surface area (Å²) in [5, 5.41) is 33.9. The van der Waals surface area contributed by atoms with Crippen molar-refractivity contribution in [2.45, 2.75) is 0 Å². The van der Waals surface area contributed by atoms with E-state index in [1.807, 2.05) is 60.7 Å². The maximum atomic E-state index is 10.3. The van der Waals surface area contributed by atoms with Crippen molar-refractivity contribution in [3.8, 4) is 51.8 Å². The molecule has 0 bridgehead atoms. The summed E-state index contributed by atoms with van der Waals surface area (Å²) in [6.45, 7) is 0. The van der Waals surface area contributed by atoms with Gasteiger partial charge in [-0.25, -0.2) is 0 Å². The van der Waals surface area contributed by atoms with E-state index in [4.69, 9.17) is 0 Å². The number of nitriles is 3. The summed E-state index contributed by atoms with van der Waals surface area (Å²) >= 11 is 0. The summed E-state index contributed by atoms with van der Waals surface area (Å²) < 4.78 is 4.44. The molecule has 2 aromatic heterocycles. The van der Waals surface area contributed by atoms with Crippen LogP contribution in [0.5, 0.6) is 0 Å².